The van der Waals surface area contributed by atoms with E-state index in [4.69, 9.17) is 4.98 Å². The van der Waals surface area contributed by atoms with Gasteiger partial charge in [0.2, 0.25) is 0 Å². The molecule has 0 fully saturated rings. The Kier molecular flexibility index (Phi) is 5.32. The molecule has 2 heterocycles. The molecule has 2 aromatic heterocycles. The molecule has 1 N–H and O–H groups in total. The number of benzene rings is 2. The topological polar surface area (TPSA) is 42.7 Å². The number of hydrogen-bond donors (Lipinski definition) is 1. The predicted molar refractivity (Wildman–Crippen MR) is 111 cm³/mol. The Hall–Kier alpha value is -2.83. The van der Waals surface area contributed by atoms with Gasteiger partial charge in [-0.2, -0.15) is 5.10 Å². The largest absolute Gasteiger partial charge is 0.304 e. The van der Waals surface area contributed by atoms with Crippen molar-refractivity contribution >= 4 is 11.3 Å². The van der Waals surface area contributed by atoms with Crippen LogP contribution in [0.2, 0.25) is 0 Å². The molecule has 4 nitrogen and oxygen atoms in total. The molecule has 0 spiro atoms. The van der Waals surface area contributed by atoms with E-state index >= 15 is 0 Å². The molecule has 142 valence electrons. The molecule has 2 aromatic carbocycles. The number of halogens is 1. The normalized spacial score (nSPS) is 12.2. The Labute approximate surface area is 167 Å². The highest BCUT2D eigenvalue weighted by Gasteiger charge is 2.15. The average molecular weight is 393 g/mol. The van der Waals surface area contributed by atoms with Crippen LogP contribution in [0.5, 0.6) is 0 Å². The van der Waals surface area contributed by atoms with Gasteiger partial charge in [0.15, 0.2) is 0 Å². The van der Waals surface area contributed by atoms with Gasteiger partial charge in [0.1, 0.15) is 10.8 Å². The Bertz CT molecular complexity index is 1070. The van der Waals surface area contributed by atoms with Crippen molar-refractivity contribution in [2.75, 3.05) is 0 Å². The zero-order valence-corrected chi connectivity index (χ0v) is 16.6. The van der Waals surface area contributed by atoms with Gasteiger partial charge in [-0.15, -0.1) is 11.3 Å². The summed E-state index contributed by atoms with van der Waals surface area (Å²) < 4.78 is 15.3. The highest BCUT2D eigenvalue weighted by molar-refractivity contribution is 7.09. The second kappa shape index (κ2) is 8.04. The highest BCUT2D eigenvalue weighted by atomic mass is 32.1. The van der Waals surface area contributed by atoms with E-state index in [0.29, 0.717) is 6.54 Å². The molecule has 1 atom stereocenters. The third-order valence-corrected chi connectivity index (χ3v) is 5.60. The fourth-order valence-electron chi connectivity index (χ4n) is 3.20. The van der Waals surface area contributed by atoms with Gasteiger partial charge in [0, 0.05) is 34.8 Å². The quantitative estimate of drug-likeness (QED) is 0.485. The van der Waals surface area contributed by atoms with Gasteiger partial charge < -0.3 is 5.32 Å². The van der Waals surface area contributed by atoms with E-state index in [1.165, 1.54) is 12.1 Å². The Balaban J connectivity index is 1.45. The van der Waals surface area contributed by atoms with Crippen LogP contribution in [-0.2, 0) is 6.54 Å². The molecule has 0 radical (unpaired) electrons. The van der Waals surface area contributed by atoms with Crippen LogP contribution in [0.3, 0.4) is 0 Å². The molecule has 4 rings (SSSR count). The first-order chi connectivity index (χ1) is 13.6. The van der Waals surface area contributed by atoms with Gasteiger partial charge >= 0.3 is 0 Å². The Morgan fingerprint density at radius 3 is 2.75 bits per heavy atom. The second-order valence-corrected chi connectivity index (χ2v) is 7.61. The number of aromatic nitrogens is 3. The van der Waals surface area contributed by atoms with Crippen molar-refractivity contribution in [1.82, 2.24) is 20.1 Å². The molecule has 4 aromatic rings. The molecule has 0 aliphatic carbocycles. The maximum Gasteiger partial charge on any atom is 0.125 e. The van der Waals surface area contributed by atoms with Crippen molar-refractivity contribution in [2.45, 2.75) is 26.4 Å². The van der Waals surface area contributed by atoms with E-state index in [0.717, 1.165) is 33.2 Å². The van der Waals surface area contributed by atoms with Crippen LogP contribution in [0.4, 0.5) is 4.39 Å². The third kappa shape index (κ3) is 3.88. The number of rotatable bonds is 6. The summed E-state index contributed by atoms with van der Waals surface area (Å²) in [6.45, 7) is 4.79. The first-order valence-corrected chi connectivity index (χ1v) is 10.0. The van der Waals surface area contributed by atoms with E-state index in [-0.39, 0.29) is 11.9 Å². The summed E-state index contributed by atoms with van der Waals surface area (Å²) in [5.41, 5.74) is 4.94. The van der Waals surface area contributed by atoms with Crippen LogP contribution in [-0.4, -0.2) is 14.8 Å². The van der Waals surface area contributed by atoms with Gasteiger partial charge in [-0.25, -0.2) is 14.1 Å². The molecule has 0 aliphatic heterocycles. The summed E-state index contributed by atoms with van der Waals surface area (Å²) in [4.78, 5) is 4.72. The second-order valence-electron chi connectivity index (χ2n) is 6.67. The van der Waals surface area contributed by atoms with Gasteiger partial charge in [-0.3, -0.25) is 0 Å². The maximum absolute atomic E-state index is 13.5. The molecule has 0 aliphatic rings. The lowest BCUT2D eigenvalue weighted by molar-refractivity contribution is 0.570. The fraction of sp³-hybridized carbons (Fsp3) is 0.182. The average Bonchev–Trinajstić information content (AvgIpc) is 3.34. The van der Waals surface area contributed by atoms with Crippen molar-refractivity contribution < 1.29 is 4.39 Å². The van der Waals surface area contributed by atoms with E-state index in [9.17, 15) is 4.39 Å². The van der Waals surface area contributed by atoms with Crippen molar-refractivity contribution in [1.29, 1.82) is 0 Å². The van der Waals surface area contributed by atoms with E-state index in [2.05, 4.69) is 34.9 Å². The fourth-order valence-corrected chi connectivity index (χ4v) is 3.95. The lowest BCUT2D eigenvalue weighted by atomic mass is 10.1. The molecule has 28 heavy (non-hydrogen) atoms. The zero-order chi connectivity index (χ0) is 19.5. The van der Waals surface area contributed by atoms with Crippen LogP contribution < -0.4 is 5.32 Å². The molecule has 0 bridgehead atoms. The van der Waals surface area contributed by atoms with Gasteiger partial charge in [0.05, 0.1) is 17.6 Å². The van der Waals surface area contributed by atoms with Crippen molar-refractivity contribution in [3.05, 3.63) is 88.3 Å². The van der Waals surface area contributed by atoms with Gasteiger partial charge in [-0.05, 0) is 32.0 Å². The number of thiazole rings is 1. The number of nitrogens with zero attached hydrogens (tertiary/aromatic N) is 3. The number of hydrogen-bond acceptors (Lipinski definition) is 4. The van der Waals surface area contributed by atoms with Crippen molar-refractivity contribution in [3.63, 3.8) is 0 Å². The van der Waals surface area contributed by atoms with Crippen LogP contribution in [0, 0.1) is 12.7 Å². The third-order valence-electron chi connectivity index (χ3n) is 4.75. The smallest absolute Gasteiger partial charge is 0.125 e. The highest BCUT2D eigenvalue weighted by Crippen LogP contribution is 2.24. The lowest BCUT2D eigenvalue weighted by Gasteiger charge is -2.13. The summed E-state index contributed by atoms with van der Waals surface area (Å²) in [5.74, 6) is -0.266. The van der Waals surface area contributed by atoms with Crippen LogP contribution >= 0.6 is 11.3 Å². The first-order valence-electron chi connectivity index (χ1n) is 9.15. The molecule has 0 saturated carbocycles. The van der Waals surface area contributed by atoms with Crippen LogP contribution in [0.15, 0.2) is 66.2 Å². The Morgan fingerprint density at radius 2 is 1.96 bits per heavy atom. The molecule has 1 unspecified atom stereocenters. The van der Waals surface area contributed by atoms with E-state index in [1.54, 1.807) is 22.1 Å². The first kappa shape index (κ1) is 18.5. The van der Waals surface area contributed by atoms with Crippen molar-refractivity contribution in [3.8, 4) is 16.9 Å². The van der Waals surface area contributed by atoms with Crippen LogP contribution in [0.1, 0.15) is 29.2 Å². The predicted octanol–water partition coefficient (Wildman–Crippen LogP) is 5.29. The minimum Gasteiger partial charge on any atom is -0.304 e. The Morgan fingerprint density at radius 1 is 1.14 bits per heavy atom. The SMILES string of the molecule is Cc1c(C(C)NCc2nc(-c3ccccc3)cs2)cnn1-c1cccc(F)c1. The zero-order valence-electron chi connectivity index (χ0n) is 15.8. The number of nitrogens with one attached hydrogen (secondary N) is 1. The summed E-state index contributed by atoms with van der Waals surface area (Å²) in [5, 5.41) is 11.1. The minimum atomic E-state index is -0.266. The van der Waals surface area contributed by atoms with E-state index < -0.39 is 0 Å². The summed E-state index contributed by atoms with van der Waals surface area (Å²) in [7, 11) is 0. The summed E-state index contributed by atoms with van der Waals surface area (Å²) in [6.07, 6.45) is 1.84. The molecule has 0 saturated heterocycles. The molecular weight excluding hydrogens is 371 g/mol. The molecule has 0 amide bonds. The van der Waals surface area contributed by atoms with E-state index in [1.807, 2.05) is 37.4 Å². The lowest BCUT2D eigenvalue weighted by Crippen LogP contribution is -2.18. The standard InChI is InChI=1S/C22H21FN4S/c1-15(20-12-25-27(16(20)2)19-10-6-9-18(23)11-19)24-13-22-26-21(14-28-22)17-7-4-3-5-8-17/h3-12,14-15,24H,13H2,1-2H3. The summed E-state index contributed by atoms with van der Waals surface area (Å²) in [6, 6.07) is 16.8. The molecular formula is C22H21FN4S. The monoisotopic (exact) mass is 392 g/mol. The van der Waals surface area contributed by atoms with Gasteiger partial charge in [0.25, 0.3) is 0 Å². The minimum absolute atomic E-state index is 0.103. The summed E-state index contributed by atoms with van der Waals surface area (Å²) >= 11 is 1.65. The van der Waals surface area contributed by atoms with Crippen molar-refractivity contribution in [2.24, 2.45) is 0 Å². The maximum atomic E-state index is 13.5. The van der Waals surface area contributed by atoms with Gasteiger partial charge in [-0.1, -0.05) is 36.4 Å². The van der Waals surface area contributed by atoms with Crippen LogP contribution in [0.25, 0.3) is 16.9 Å². The molecule has 6 heteroatoms.